The Morgan fingerprint density at radius 2 is 1.43 bits per heavy atom. The second-order valence-electron chi connectivity index (χ2n) is 6.43. The molecule has 0 aliphatic heterocycles. The van der Waals surface area contributed by atoms with Crippen molar-refractivity contribution >= 4 is 5.92 Å². The quantitative estimate of drug-likeness (QED) is 0.529. The molecule has 4 heteroatoms. The minimum Gasteiger partial charge on any atom is -1.00 e. The van der Waals surface area contributed by atoms with Gasteiger partial charge in [-0.1, -0.05) is 0 Å². The van der Waals surface area contributed by atoms with E-state index in [1.165, 1.54) is 6.42 Å². The largest absolute Gasteiger partial charge is 1.00 e. The van der Waals surface area contributed by atoms with Crippen LogP contribution in [0.5, 0.6) is 0 Å². The van der Waals surface area contributed by atoms with Crippen LogP contribution in [0.1, 0.15) is 41.0 Å². The molecular formula is C17H27Cl2SiZr. The molecule has 2 rings (SSSR count). The van der Waals surface area contributed by atoms with E-state index in [0.717, 1.165) is 3.63 Å². The van der Waals surface area contributed by atoms with E-state index in [0.29, 0.717) is 0 Å². The molecule has 2 aliphatic rings. The summed E-state index contributed by atoms with van der Waals surface area (Å²) in [5.74, 6) is -0.531. The smallest absolute Gasteiger partial charge is 1.00 e. The van der Waals surface area contributed by atoms with Gasteiger partial charge in [0, 0.05) is 0 Å². The van der Waals surface area contributed by atoms with Gasteiger partial charge in [-0.2, -0.15) is 0 Å². The van der Waals surface area contributed by atoms with Crippen LogP contribution in [0.3, 0.4) is 0 Å². The molecule has 0 spiro atoms. The van der Waals surface area contributed by atoms with Gasteiger partial charge < -0.3 is 24.8 Å². The third-order valence-corrected chi connectivity index (χ3v) is 26.4. The van der Waals surface area contributed by atoms with Crippen molar-refractivity contribution in [1.82, 2.24) is 0 Å². The Morgan fingerprint density at radius 3 is 1.76 bits per heavy atom. The van der Waals surface area contributed by atoms with Crippen LogP contribution in [-0.2, 0) is 20.9 Å². The Bertz CT molecular complexity index is 503. The minimum absolute atomic E-state index is 0. The predicted molar refractivity (Wildman–Crippen MR) is 85.8 cm³/mol. The Morgan fingerprint density at radius 1 is 0.952 bits per heavy atom. The summed E-state index contributed by atoms with van der Waals surface area (Å²) in [5.41, 5.74) is 8.26. The van der Waals surface area contributed by atoms with E-state index < -0.39 is 26.8 Å². The van der Waals surface area contributed by atoms with Gasteiger partial charge in [0.1, 0.15) is 0 Å². The van der Waals surface area contributed by atoms with Crippen molar-refractivity contribution in [2.75, 3.05) is 0 Å². The molecule has 0 N–H and O–H groups in total. The Labute approximate surface area is 151 Å². The molecule has 0 aromatic rings. The Hall–Kier alpha value is 0.640. The summed E-state index contributed by atoms with van der Waals surface area (Å²) < 4.78 is 2.81. The maximum atomic E-state index is 2.61. The van der Waals surface area contributed by atoms with Gasteiger partial charge in [-0.15, -0.1) is 0 Å². The molecule has 0 unspecified atom stereocenters. The maximum Gasteiger partial charge on any atom is -1.00 e. The van der Waals surface area contributed by atoms with Crippen molar-refractivity contribution < 1.29 is 45.7 Å². The van der Waals surface area contributed by atoms with Crippen LogP contribution in [0.4, 0.5) is 0 Å². The second kappa shape index (κ2) is 8.48. The summed E-state index contributed by atoms with van der Waals surface area (Å²) in [6.45, 7) is 17.1. The first-order valence-corrected chi connectivity index (χ1v) is 17.2. The van der Waals surface area contributed by atoms with E-state index in [1.807, 2.05) is 3.28 Å². The molecule has 0 heterocycles. The van der Waals surface area contributed by atoms with Crippen LogP contribution in [-0.4, -0.2) is 5.92 Å². The molecule has 0 bridgehead atoms. The molecule has 0 radical (unpaired) electrons. The summed E-state index contributed by atoms with van der Waals surface area (Å²) in [5, 5.41) is 0. The molecule has 0 aromatic carbocycles. The molecule has 117 valence electrons. The number of hydrogen-bond donors (Lipinski definition) is 0. The minimum atomic E-state index is -1.50. The standard InChI is InChI=1S/C9H13.C6H7.C2H7Si.2ClH.Zr/c1-6-5-7(2)9(4)8(6)3;1-6-4-2-3-5-6;1-3-2;;;/h5H,1-4H3;2,4H,3H2,1H3;3H,1-2H3;2*1H;/q;;;;;+2/p-2. The first-order valence-electron chi connectivity index (χ1n) is 7.44. The molecule has 0 atom stereocenters. The predicted octanol–water partition coefficient (Wildman–Crippen LogP) is -0.695. The Balaban J connectivity index is 0.00000200. The summed E-state index contributed by atoms with van der Waals surface area (Å²) >= 11 is -1.50. The average molecular weight is 422 g/mol. The van der Waals surface area contributed by atoms with E-state index in [1.54, 1.807) is 27.9 Å². The van der Waals surface area contributed by atoms with E-state index in [2.05, 4.69) is 59.9 Å². The van der Waals surface area contributed by atoms with Gasteiger partial charge in [0.2, 0.25) is 0 Å². The van der Waals surface area contributed by atoms with Gasteiger partial charge in [-0.25, -0.2) is 0 Å². The molecule has 2 aliphatic carbocycles. The average Bonchev–Trinajstić information content (AvgIpc) is 2.84. The van der Waals surface area contributed by atoms with E-state index >= 15 is 0 Å². The SMILES string of the molecule is CC1=[C]([Zr+2]([CH]2C(C)=C(C)C(C)=C2C)[SiH](C)C)CC=C1.[Cl-].[Cl-]. The van der Waals surface area contributed by atoms with Gasteiger partial charge >= 0.3 is 128 Å². The van der Waals surface area contributed by atoms with Crippen LogP contribution in [0.15, 0.2) is 43.3 Å². The van der Waals surface area contributed by atoms with Gasteiger partial charge in [0.25, 0.3) is 0 Å². The van der Waals surface area contributed by atoms with E-state index in [9.17, 15) is 0 Å². The van der Waals surface area contributed by atoms with Crippen LogP contribution in [0.25, 0.3) is 0 Å². The third-order valence-electron chi connectivity index (χ3n) is 5.06. The number of allylic oxidation sites excluding steroid dienone is 8. The van der Waals surface area contributed by atoms with Crippen molar-refractivity contribution in [3.8, 4) is 0 Å². The van der Waals surface area contributed by atoms with Crippen molar-refractivity contribution in [2.24, 2.45) is 0 Å². The van der Waals surface area contributed by atoms with Gasteiger partial charge in [0.15, 0.2) is 0 Å². The van der Waals surface area contributed by atoms with E-state index in [-0.39, 0.29) is 24.8 Å². The molecule has 0 saturated carbocycles. The van der Waals surface area contributed by atoms with Crippen molar-refractivity contribution in [2.45, 2.75) is 57.8 Å². The van der Waals surface area contributed by atoms with Gasteiger partial charge in [0.05, 0.1) is 0 Å². The molecule has 0 saturated heterocycles. The summed E-state index contributed by atoms with van der Waals surface area (Å²) in [4.78, 5) is 0. The molecule has 21 heavy (non-hydrogen) atoms. The summed E-state index contributed by atoms with van der Waals surface area (Å²) in [7, 11) is 0. The van der Waals surface area contributed by atoms with Crippen LogP contribution >= 0.6 is 0 Å². The number of rotatable bonds is 3. The zero-order valence-electron chi connectivity index (χ0n) is 14.3. The zero-order valence-corrected chi connectivity index (χ0v) is 19.4. The van der Waals surface area contributed by atoms with Crippen molar-refractivity contribution in [3.05, 3.63) is 43.3 Å². The second-order valence-corrected chi connectivity index (χ2v) is 26.1. The first-order chi connectivity index (χ1) is 8.86. The zero-order chi connectivity index (χ0) is 14.3. The summed E-state index contributed by atoms with van der Waals surface area (Å²) in [6, 6.07) is 0. The fraction of sp³-hybridized carbons (Fsp3) is 0.529. The third kappa shape index (κ3) is 3.94. The molecule has 0 amide bonds. The fourth-order valence-electron chi connectivity index (χ4n) is 3.63. The summed E-state index contributed by atoms with van der Waals surface area (Å²) in [6.07, 6.45) is 6.05. The van der Waals surface area contributed by atoms with Gasteiger partial charge in [-0.3, -0.25) is 0 Å². The van der Waals surface area contributed by atoms with Crippen LogP contribution in [0, 0.1) is 0 Å². The van der Waals surface area contributed by atoms with Crippen LogP contribution in [0.2, 0.25) is 16.7 Å². The Kier molecular flexibility index (Phi) is 8.74. The topological polar surface area (TPSA) is 0 Å². The van der Waals surface area contributed by atoms with Crippen molar-refractivity contribution in [1.29, 1.82) is 0 Å². The molecule has 0 aromatic heterocycles. The fourth-order valence-corrected chi connectivity index (χ4v) is 26.5. The molecular weight excluding hydrogens is 394 g/mol. The van der Waals surface area contributed by atoms with Crippen molar-refractivity contribution in [3.63, 3.8) is 0 Å². The normalized spacial score (nSPS) is 18.7. The van der Waals surface area contributed by atoms with Gasteiger partial charge in [-0.05, 0) is 0 Å². The number of hydrogen-bond acceptors (Lipinski definition) is 0. The first kappa shape index (κ1) is 21.6. The van der Waals surface area contributed by atoms with E-state index in [4.69, 9.17) is 0 Å². The molecule has 0 fully saturated rings. The number of halogens is 2. The van der Waals surface area contributed by atoms with Crippen LogP contribution < -0.4 is 24.8 Å². The molecule has 0 nitrogen and oxygen atoms in total. The maximum absolute atomic E-state index is 2.61. The monoisotopic (exact) mass is 419 g/mol.